The van der Waals surface area contributed by atoms with Crippen molar-refractivity contribution in [2.45, 2.75) is 25.3 Å². The number of carbonyl (C=O) groups is 2. The first-order valence-electron chi connectivity index (χ1n) is 10.7. The minimum Gasteiger partial charge on any atom is -0.481 e. The Kier molecular flexibility index (Phi) is 6.60. The zero-order chi connectivity index (χ0) is 23.4. The number of amides is 1. The van der Waals surface area contributed by atoms with Gasteiger partial charge in [-0.3, -0.25) is 14.6 Å². The van der Waals surface area contributed by atoms with Crippen molar-refractivity contribution in [1.82, 2.24) is 5.32 Å². The predicted molar refractivity (Wildman–Crippen MR) is 126 cm³/mol. The summed E-state index contributed by atoms with van der Waals surface area (Å²) < 4.78 is 13.8. The van der Waals surface area contributed by atoms with Crippen molar-refractivity contribution in [2.24, 2.45) is 4.99 Å². The Morgan fingerprint density at radius 2 is 1.88 bits per heavy atom. The summed E-state index contributed by atoms with van der Waals surface area (Å²) in [5.74, 6) is -2.30. The maximum atomic E-state index is 13.8. The fourth-order valence-corrected chi connectivity index (χ4v) is 3.97. The molecule has 7 heteroatoms. The number of halogens is 1. The third-order valence-electron chi connectivity index (χ3n) is 5.54. The number of carbonyl (C=O) groups excluding carboxylic acids is 1. The predicted octanol–water partition coefficient (Wildman–Crippen LogP) is 4.42. The fourth-order valence-electron chi connectivity index (χ4n) is 3.97. The monoisotopic (exact) mass is 445 g/mol. The first-order chi connectivity index (χ1) is 15.9. The van der Waals surface area contributed by atoms with Gasteiger partial charge in [0.1, 0.15) is 11.7 Å². The molecule has 0 fully saturated rings. The van der Waals surface area contributed by atoms with Gasteiger partial charge in [-0.25, -0.2) is 4.39 Å². The Morgan fingerprint density at radius 3 is 2.61 bits per heavy atom. The molecule has 0 bridgehead atoms. The lowest BCUT2D eigenvalue weighted by Crippen LogP contribution is -2.22. The number of aliphatic imine (C=N–C) groups is 1. The lowest BCUT2D eigenvalue weighted by molar-refractivity contribution is -0.137. The van der Waals surface area contributed by atoms with Crippen LogP contribution in [0.25, 0.3) is 0 Å². The molecule has 1 aliphatic rings. The number of benzene rings is 3. The van der Waals surface area contributed by atoms with Crippen LogP contribution in [0.4, 0.5) is 15.8 Å². The highest BCUT2D eigenvalue weighted by molar-refractivity contribution is 6.24. The molecule has 0 aromatic heterocycles. The Bertz CT molecular complexity index is 1220. The molecule has 3 N–H and O–H groups in total. The van der Waals surface area contributed by atoms with Crippen LogP contribution in [0, 0.1) is 5.82 Å². The smallest absolute Gasteiger partial charge is 0.303 e. The Labute approximate surface area is 191 Å². The Hall–Kier alpha value is -3.84. The van der Waals surface area contributed by atoms with E-state index in [2.05, 4.69) is 10.6 Å². The molecule has 0 aliphatic carbocycles. The van der Waals surface area contributed by atoms with Gasteiger partial charge in [-0.15, -0.1) is 0 Å². The van der Waals surface area contributed by atoms with Crippen LogP contribution in [0.5, 0.6) is 0 Å². The molecule has 0 saturated carbocycles. The zero-order valence-corrected chi connectivity index (χ0v) is 18.1. The van der Waals surface area contributed by atoms with Crippen LogP contribution in [0.2, 0.25) is 0 Å². The van der Waals surface area contributed by atoms with E-state index in [4.69, 9.17) is 10.1 Å². The fraction of sp³-hybridized carbons (Fsp3) is 0.192. The van der Waals surface area contributed by atoms with Gasteiger partial charge in [0, 0.05) is 18.7 Å². The average molecular weight is 445 g/mol. The highest BCUT2D eigenvalue weighted by atomic mass is 19.1. The summed E-state index contributed by atoms with van der Waals surface area (Å²) in [6.45, 7) is 0.729. The summed E-state index contributed by atoms with van der Waals surface area (Å²) in [7, 11) is 1.88. The summed E-state index contributed by atoms with van der Waals surface area (Å²) >= 11 is 0. The Balaban J connectivity index is 1.79. The van der Waals surface area contributed by atoms with Gasteiger partial charge in [0.2, 0.25) is 5.91 Å². The maximum Gasteiger partial charge on any atom is 0.303 e. The van der Waals surface area contributed by atoms with Gasteiger partial charge in [0.25, 0.3) is 0 Å². The normalized spacial score (nSPS) is 15.3. The van der Waals surface area contributed by atoms with Crippen molar-refractivity contribution in [2.75, 3.05) is 12.4 Å². The summed E-state index contributed by atoms with van der Waals surface area (Å²) in [5.41, 5.74) is 4.96. The van der Waals surface area contributed by atoms with Gasteiger partial charge >= 0.3 is 5.97 Å². The third-order valence-corrected chi connectivity index (χ3v) is 5.54. The largest absolute Gasteiger partial charge is 0.481 e. The number of hydrogen-bond donors (Lipinski definition) is 3. The third kappa shape index (κ3) is 5.15. The minimum absolute atomic E-state index is 0.00881. The van der Waals surface area contributed by atoms with Crippen molar-refractivity contribution in [3.05, 3.63) is 94.8 Å². The number of aliphatic carboxylic acids is 1. The van der Waals surface area contributed by atoms with E-state index >= 15 is 0 Å². The maximum absolute atomic E-state index is 13.8. The van der Waals surface area contributed by atoms with E-state index in [-0.39, 0.29) is 12.3 Å². The van der Waals surface area contributed by atoms with E-state index in [0.29, 0.717) is 29.1 Å². The number of anilines is 1. The van der Waals surface area contributed by atoms with Gasteiger partial charge in [0.05, 0.1) is 11.4 Å². The summed E-state index contributed by atoms with van der Waals surface area (Å²) in [4.78, 5) is 28.8. The first kappa shape index (κ1) is 22.4. The van der Waals surface area contributed by atoms with Gasteiger partial charge in [-0.05, 0) is 66.1 Å². The van der Waals surface area contributed by atoms with E-state index in [1.165, 1.54) is 12.1 Å². The highest BCUT2D eigenvalue weighted by Crippen LogP contribution is 2.37. The molecule has 168 valence electrons. The SMILES string of the molecule is CNCc1ccc(N=C(c2cccc(CCC(=O)O)c2)C2C(=O)Nc3cc(F)ccc32)cc1. The van der Waals surface area contributed by atoms with Crippen LogP contribution in [-0.4, -0.2) is 29.7 Å². The number of carboxylic acid groups (broad SMARTS) is 1. The minimum atomic E-state index is -0.873. The van der Waals surface area contributed by atoms with E-state index in [0.717, 1.165) is 23.2 Å². The van der Waals surface area contributed by atoms with E-state index in [1.807, 2.05) is 55.6 Å². The molecule has 3 aromatic carbocycles. The van der Waals surface area contributed by atoms with E-state index < -0.39 is 17.7 Å². The van der Waals surface area contributed by atoms with Crippen LogP contribution in [-0.2, 0) is 22.6 Å². The molecule has 1 unspecified atom stereocenters. The highest BCUT2D eigenvalue weighted by Gasteiger charge is 2.35. The molecule has 1 aliphatic heterocycles. The molecule has 0 spiro atoms. The number of nitrogens with zero attached hydrogens (tertiary/aromatic N) is 1. The number of rotatable bonds is 8. The van der Waals surface area contributed by atoms with Crippen molar-refractivity contribution in [3.63, 3.8) is 0 Å². The molecule has 1 amide bonds. The molecule has 4 rings (SSSR count). The van der Waals surface area contributed by atoms with Crippen molar-refractivity contribution in [3.8, 4) is 0 Å². The molecule has 1 atom stereocenters. The molecule has 33 heavy (non-hydrogen) atoms. The Morgan fingerprint density at radius 1 is 1.09 bits per heavy atom. The molecule has 1 heterocycles. The molecular formula is C26H24FN3O3. The van der Waals surface area contributed by atoms with E-state index in [1.54, 1.807) is 6.07 Å². The standard InChI is InChI=1S/C26H24FN3O3/c1-28-15-17-5-9-20(10-6-17)29-25(18-4-2-3-16(13-18)7-12-23(31)32)24-21-11-8-19(27)14-22(21)30-26(24)33/h2-6,8-11,13-14,24,28H,7,12,15H2,1H3,(H,30,33)(H,31,32). The van der Waals surface area contributed by atoms with Crippen LogP contribution in [0.15, 0.2) is 71.7 Å². The van der Waals surface area contributed by atoms with Crippen molar-refractivity contribution < 1.29 is 19.1 Å². The molecule has 6 nitrogen and oxygen atoms in total. The van der Waals surface area contributed by atoms with Crippen molar-refractivity contribution >= 4 is 29.0 Å². The van der Waals surface area contributed by atoms with Crippen LogP contribution < -0.4 is 10.6 Å². The number of fused-ring (bicyclic) bond motifs is 1. The summed E-state index contributed by atoms with van der Waals surface area (Å²) in [6.07, 6.45) is 0.378. The van der Waals surface area contributed by atoms with Gasteiger partial charge in [0.15, 0.2) is 0 Å². The molecule has 0 radical (unpaired) electrons. The number of hydrogen-bond acceptors (Lipinski definition) is 4. The first-order valence-corrected chi connectivity index (χ1v) is 10.7. The van der Waals surface area contributed by atoms with E-state index in [9.17, 15) is 14.0 Å². The quantitative estimate of drug-likeness (QED) is 0.448. The second-order valence-corrected chi connectivity index (χ2v) is 7.94. The van der Waals surface area contributed by atoms with Crippen LogP contribution in [0.3, 0.4) is 0 Å². The van der Waals surface area contributed by atoms with Gasteiger partial charge in [-0.2, -0.15) is 0 Å². The van der Waals surface area contributed by atoms with Crippen LogP contribution >= 0.6 is 0 Å². The summed E-state index contributed by atoms with van der Waals surface area (Å²) in [6, 6.07) is 19.4. The lowest BCUT2D eigenvalue weighted by Gasteiger charge is -2.15. The van der Waals surface area contributed by atoms with Gasteiger partial charge < -0.3 is 15.7 Å². The van der Waals surface area contributed by atoms with Crippen molar-refractivity contribution in [1.29, 1.82) is 0 Å². The lowest BCUT2D eigenvalue weighted by atomic mass is 9.89. The number of carboxylic acids is 1. The molecule has 0 saturated heterocycles. The van der Waals surface area contributed by atoms with Gasteiger partial charge in [-0.1, -0.05) is 36.4 Å². The van der Waals surface area contributed by atoms with Crippen LogP contribution in [0.1, 0.15) is 34.6 Å². The molecular weight excluding hydrogens is 421 g/mol. The molecule has 3 aromatic rings. The second kappa shape index (κ2) is 9.75. The average Bonchev–Trinajstić information content (AvgIpc) is 3.12. The topological polar surface area (TPSA) is 90.8 Å². The second-order valence-electron chi connectivity index (χ2n) is 7.94. The summed E-state index contributed by atoms with van der Waals surface area (Å²) in [5, 5.41) is 14.9. The zero-order valence-electron chi connectivity index (χ0n) is 18.1. The number of nitrogens with one attached hydrogen (secondary N) is 2. The number of aryl methyl sites for hydroxylation is 1.